The van der Waals surface area contributed by atoms with Crippen LogP contribution < -0.4 is 17.3 Å². The van der Waals surface area contributed by atoms with Crippen LogP contribution in [-0.2, 0) is 9.47 Å². The zero-order valence-corrected chi connectivity index (χ0v) is 28.7. The molecule has 0 aliphatic carbocycles. The fourth-order valence-corrected chi connectivity index (χ4v) is 4.50. The third kappa shape index (κ3) is 31.6. The van der Waals surface area contributed by atoms with Crippen molar-refractivity contribution < 1.29 is 57.4 Å². The summed E-state index contributed by atoms with van der Waals surface area (Å²) >= 11 is 0. The third-order valence-corrected chi connectivity index (χ3v) is 7.17. The van der Waals surface area contributed by atoms with Crippen molar-refractivity contribution in [1.82, 2.24) is 4.90 Å². The summed E-state index contributed by atoms with van der Waals surface area (Å²) in [7, 11) is 0. The molecule has 260 valence electrons. The predicted molar refractivity (Wildman–Crippen MR) is 168 cm³/mol. The first kappa shape index (κ1) is 49.1. The van der Waals surface area contributed by atoms with Crippen LogP contribution in [0.2, 0.25) is 0 Å². The van der Waals surface area contributed by atoms with Crippen LogP contribution in [0.25, 0.3) is 0 Å². The summed E-state index contributed by atoms with van der Waals surface area (Å²) in [6.45, 7) is 13.9. The number of aliphatic hydroxyl groups excluding tert-OH is 6. The number of halogens is 2. The van der Waals surface area contributed by atoms with Crippen molar-refractivity contribution in [3.8, 4) is 0 Å². The number of hydrogen-bond donors (Lipinski definition) is 7. The Morgan fingerprint density at radius 2 is 1.07 bits per heavy atom. The van der Waals surface area contributed by atoms with Gasteiger partial charge in [-0.3, -0.25) is 4.90 Å². The maximum atomic E-state index is 9.93. The Bertz CT molecular complexity index is 450. The van der Waals surface area contributed by atoms with Crippen LogP contribution in [0.5, 0.6) is 0 Å². The molecule has 0 rings (SSSR count). The number of aliphatic hydroxyl groups is 6. The van der Waals surface area contributed by atoms with Crippen LogP contribution >= 0.6 is 12.4 Å². The minimum atomic E-state index is -0.572. The second-order valence-electron chi connectivity index (χ2n) is 10.9. The average Bonchev–Trinajstić information content (AvgIpc) is 2.93. The SMILES string of the molecule is CCCCC(CC)COCC(O)CN(CCO)CCO.CCCCC(CC)COCC(O)C[NH+](CCO)CCO.Cl.[Cl-]. The molecule has 4 atom stereocenters. The molecule has 0 saturated heterocycles. The summed E-state index contributed by atoms with van der Waals surface area (Å²) in [5, 5.41) is 55.5. The Morgan fingerprint density at radius 1 is 0.643 bits per heavy atom. The Labute approximate surface area is 269 Å². The van der Waals surface area contributed by atoms with E-state index in [2.05, 4.69) is 27.7 Å². The van der Waals surface area contributed by atoms with E-state index < -0.39 is 12.2 Å². The van der Waals surface area contributed by atoms with Crippen LogP contribution in [0, 0.1) is 11.8 Å². The number of nitrogens with zero attached hydrogens (tertiary/aromatic N) is 1. The maximum absolute atomic E-state index is 9.93. The highest BCUT2D eigenvalue weighted by Gasteiger charge is 2.16. The summed E-state index contributed by atoms with van der Waals surface area (Å²) in [5.41, 5.74) is 0. The minimum absolute atomic E-state index is 0. The molecule has 0 aromatic carbocycles. The van der Waals surface area contributed by atoms with Crippen molar-refractivity contribution in [1.29, 1.82) is 0 Å². The van der Waals surface area contributed by atoms with Crippen molar-refractivity contribution >= 4 is 12.4 Å². The number of nitrogens with one attached hydrogen (secondary N) is 1. The monoisotopic (exact) mass is 654 g/mol. The normalized spacial score (nSPS) is 14.0. The molecule has 0 saturated carbocycles. The first-order chi connectivity index (χ1) is 19.3. The fourth-order valence-electron chi connectivity index (χ4n) is 4.50. The van der Waals surface area contributed by atoms with Gasteiger partial charge in [-0.05, 0) is 24.7 Å². The van der Waals surface area contributed by atoms with Gasteiger partial charge in [0, 0.05) is 32.8 Å². The third-order valence-electron chi connectivity index (χ3n) is 7.17. The van der Waals surface area contributed by atoms with Crippen LogP contribution in [-0.4, -0.2) is 140 Å². The zero-order valence-electron chi connectivity index (χ0n) is 27.1. The lowest BCUT2D eigenvalue weighted by Crippen LogP contribution is -3.14. The molecule has 4 unspecified atom stereocenters. The summed E-state index contributed by atoms with van der Waals surface area (Å²) in [5.74, 6) is 1.16. The molecule has 0 aromatic heterocycles. The lowest BCUT2D eigenvalue weighted by atomic mass is 10.0. The van der Waals surface area contributed by atoms with Gasteiger partial charge in [-0.25, -0.2) is 0 Å². The van der Waals surface area contributed by atoms with E-state index >= 15 is 0 Å². The second-order valence-corrected chi connectivity index (χ2v) is 10.9. The van der Waals surface area contributed by atoms with Crippen LogP contribution in [0.1, 0.15) is 79.1 Å². The summed E-state index contributed by atoms with van der Waals surface area (Å²) in [6.07, 6.45) is 8.36. The molecule has 0 radical (unpaired) electrons. The Balaban J connectivity index is -0.000000328. The molecular formula is C30H68Cl2N2O8. The number of unbranched alkanes of at least 4 members (excludes halogenated alkanes) is 2. The van der Waals surface area contributed by atoms with E-state index in [0.29, 0.717) is 77.5 Å². The zero-order chi connectivity index (χ0) is 30.4. The van der Waals surface area contributed by atoms with Gasteiger partial charge in [-0.1, -0.05) is 66.2 Å². The molecule has 7 N–H and O–H groups in total. The smallest absolute Gasteiger partial charge is 0.126 e. The Morgan fingerprint density at radius 3 is 1.43 bits per heavy atom. The van der Waals surface area contributed by atoms with Gasteiger partial charge in [0.25, 0.3) is 0 Å². The second kappa shape index (κ2) is 37.4. The van der Waals surface area contributed by atoms with E-state index in [1.807, 2.05) is 4.90 Å². The molecule has 0 aliphatic heterocycles. The molecule has 0 fully saturated rings. The van der Waals surface area contributed by atoms with Crippen molar-refractivity contribution in [2.24, 2.45) is 11.8 Å². The van der Waals surface area contributed by atoms with Crippen LogP contribution in [0.4, 0.5) is 0 Å². The largest absolute Gasteiger partial charge is 1.00 e. The Hall–Kier alpha value is 0.180. The highest BCUT2D eigenvalue weighted by molar-refractivity contribution is 5.85. The van der Waals surface area contributed by atoms with Gasteiger partial charge in [-0.15, -0.1) is 12.4 Å². The van der Waals surface area contributed by atoms with Gasteiger partial charge >= 0.3 is 0 Å². The summed E-state index contributed by atoms with van der Waals surface area (Å²) < 4.78 is 11.2. The number of hydrogen-bond acceptors (Lipinski definition) is 9. The molecule has 10 nitrogen and oxygen atoms in total. The maximum Gasteiger partial charge on any atom is 0.126 e. The molecule has 12 heteroatoms. The molecular weight excluding hydrogens is 587 g/mol. The molecule has 0 spiro atoms. The topological polar surface area (TPSA) is 148 Å². The van der Waals surface area contributed by atoms with Crippen LogP contribution in [0.3, 0.4) is 0 Å². The molecule has 0 heterocycles. The number of quaternary nitrogens is 1. The molecule has 0 aromatic rings. The van der Waals surface area contributed by atoms with E-state index in [9.17, 15) is 10.2 Å². The summed E-state index contributed by atoms with van der Waals surface area (Å²) in [6, 6.07) is 0. The van der Waals surface area contributed by atoms with Crippen molar-refractivity contribution in [3.63, 3.8) is 0 Å². The van der Waals surface area contributed by atoms with Gasteiger partial charge in [0.15, 0.2) is 0 Å². The first-order valence-electron chi connectivity index (χ1n) is 15.9. The lowest BCUT2D eigenvalue weighted by molar-refractivity contribution is -0.903. The molecule has 0 bridgehead atoms. The highest BCUT2D eigenvalue weighted by Crippen LogP contribution is 2.13. The van der Waals surface area contributed by atoms with Gasteiger partial charge < -0.3 is 57.4 Å². The fraction of sp³-hybridized carbons (Fsp3) is 1.00. The van der Waals surface area contributed by atoms with Gasteiger partial charge in [0.1, 0.15) is 25.7 Å². The Kier molecular flexibility index (Phi) is 43.7. The quantitative estimate of drug-likeness (QED) is 0.0497. The van der Waals surface area contributed by atoms with E-state index in [0.717, 1.165) is 17.7 Å². The van der Waals surface area contributed by atoms with Gasteiger partial charge in [0.2, 0.25) is 0 Å². The van der Waals surface area contributed by atoms with E-state index in [1.54, 1.807) is 0 Å². The first-order valence-corrected chi connectivity index (χ1v) is 15.9. The van der Waals surface area contributed by atoms with E-state index in [-0.39, 0.29) is 51.2 Å². The van der Waals surface area contributed by atoms with Crippen molar-refractivity contribution in [2.45, 2.75) is 91.3 Å². The van der Waals surface area contributed by atoms with Crippen molar-refractivity contribution in [3.05, 3.63) is 0 Å². The van der Waals surface area contributed by atoms with Crippen LogP contribution in [0.15, 0.2) is 0 Å². The predicted octanol–water partition coefficient (Wildman–Crippen LogP) is -2.26. The lowest BCUT2D eigenvalue weighted by Gasteiger charge is -2.24. The molecule has 0 aliphatic rings. The molecule has 0 amide bonds. The van der Waals surface area contributed by atoms with E-state index in [4.69, 9.17) is 29.9 Å². The molecule has 42 heavy (non-hydrogen) atoms. The van der Waals surface area contributed by atoms with Crippen molar-refractivity contribution in [2.75, 3.05) is 92.1 Å². The standard InChI is InChI=1S/2C15H33NO4.2ClH/c2*1-3-5-6-14(4-2)12-20-13-15(19)11-16(7-9-17)8-10-18;;/h2*14-15,17-19H,3-13H2,1-2H3;2*1H. The van der Waals surface area contributed by atoms with Gasteiger partial charge in [-0.2, -0.15) is 0 Å². The van der Waals surface area contributed by atoms with E-state index in [1.165, 1.54) is 38.5 Å². The number of rotatable bonds is 28. The summed E-state index contributed by atoms with van der Waals surface area (Å²) in [4.78, 5) is 2.84. The minimum Gasteiger partial charge on any atom is -1.00 e. The number of ether oxygens (including phenoxy) is 2. The highest BCUT2D eigenvalue weighted by atomic mass is 35.5. The van der Waals surface area contributed by atoms with Gasteiger partial charge in [0.05, 0.1) is 45.7 Å². The average molecular weight is 656 g/mol.